The van der Waals surface area contributed by atoms with E-state index in [-0.39, 0.29) is 18.0 Å². The number of rotatable bonds is 4. The van der Waals surface area contributed by atoms with Crippen molar-refractivity contribution in [3.63, 3.8) is 0 Å². The van der Waals surface area contributed by atoms with E-state index in [0.29, 0.717) is 46.9 Å². The number of aryl methyl sites for hydroxylation is 1. The van der Waals surface area contributed by atoms with Crippen molar-refractivity contribution in [1.29, 1.82) is 0 Å². The van der Waals surface area contributed by atoms with Crippen LogP contribution in [0.2, 0.25) is 0 Å². The van der Waals surface area contributed by atoms with Gasteiger partial charge in [0.25, 0.3) is 5.91 Å². The standard InChI is InChI=1S/C29H25F6N5O3/c1-13-15(22-17(30)4-5-18(31)23(22)32)10-21(26(42)40(13)12-29(33,34)35)38-25(41)20-9-14-11-28(7-6-19(14)37-20)16-3-2-8-36-24(16)39-27(28)43/h2-5,8-9,13,15,21,37H,6-7,10-12H2,1H3,(H,38,41)(H,36,39,43)/t13-,15-,21+,28?/m1/s1. The predicted octanol–water partition coefficient (Wildman–Crippen LogP) is 4.27. The minimum atomic E-state index is -4.85. The summed E-state index contributed by atoms with van der Waals surface area (Å²) in [5.41, 5.74) is 0.425. The molecular formula is C29H25F6N5O3. The highest BCUT2D eigenvalue weighted by Gasteiger charge is 2.50. The van der Waals surface area contributed by atoms with E-state index in [2.05, 4.69) is 20.6 Å². The number of benzene rings is 1. The number of carbonyl (C=O) groups excluding carboxylic acids is 3. The smallest absolute Gasteiger partial charge is 0.354 e. The normalized spacial score (nSPS) is 25.0. The van der Waals surface area contributed by atoms with Crippen molar-refractivity contribution in [3.05, 3.63) is 82.1 Å². The van der Waals surface area contributed by atoms with Gasteiger partial charge in [0.1, 0.15) is 29.9 Å². The molecule has 226 valence electrons. The number of aromatic nitrogens is 2. The van der Waals surface area contributed by atoms with Gasteiger partial charge in [-0.2, -0.15) is 13.2 Å². The maximum atomic E-state index is 14.7. The van der Waals surface area contributed by atoms with Gasteiger partial charge in [-0.1, -0.05) is 6.07 Å². The second-order valence-corrected chi connectivity index (χ2v) is 11.2. The topological polar surface area (TPSA) is 107 Å². The van der Waals surface area contributed by atoms with Crippen LogP contribution in [0.1, 0.15) is 58.6 Å². The van der Waals surface area contributed by atoms with Crippen LogP contribution < -0.4 is 10.6 Å². The number of H-pyrrole nitrogens is 1. The zero-order valence-electron chi connectivity index (χ0n) is 22.6. The zero-order chi connectivity index (χ0) is 30.8. The summed E-state index contributed by atoms with van der Waals surface area (Å²) in [6.45, 7) is -0.538. The van der Waals surface area contributed by atoms with Crippen molar-refractivity contribution in [2.75, 3.05) is 11.9 Å². The number of hydrogen-bond acceptors (Lipinski definition) is 4. The van der Waals surface area contributed by atoms with E-state index >= 15 is 0 Å². The third-order valence-corrected chi connectivity index (χ3v) is 8.77. The number of likely N-dealkylation sites (tertiary alicyclic amines) is 1. The van der Waals surface area contributed by atoms with Crippen LogP contribution in [-0.2, 0) is 27.8 Å². The van der Waals surface area contributed by atoms with Crippen LogP contribution in [0.25, 0.3) is 0 Å². The van der Waals surface area contributed by atoms with Crippen LogP contribution in [0.3, 0.4) is 0 Å². The summed E-state index contributed by atoms with van der Waals surface area (Å²) in [6.07, 6.45) is -2.65. The van der Waals surface area contributed by atoms with E-state index in [0.717, 1.165) is 5.56 Å². The molecule has 2 aliphatic heterocycles. The minimum Gasteiger partial charge on any atom is -0.354 e. The minimum absolute atomic E-state index is 0.000301. The van der Waals surface area contributed by atoms with E-state index in [9.17, 15) is 40.7 Å². The van der Waals surface area contributed by atoms with E-state index in [4.69, 9.17) is 0 Å². The monoisotopic (exact) mass is 605 g/mol. The number of pyridine rings is 1. The summed E-state index contributed by atoms with van der Waals surface area (Å²) in [4.78, 5) is 47.1. The van der Waals surface area contributed by atoms with Gasteiger partial charge in [0.05, 0.1) is 5.41 Å². The molecule has 0 bridgehead atoms. The number of aromatic amines is 1. The molecule has 2 aromatic heterocycles. The Morgan fingerprint density at radius 2 is 1.91 bits per heavy atom. The lowest BCUT2D eigenvalue weighted by Crippen LogP contribution is -2.60. The summed E-state index contributed by atoms with van der Waals surface area (Å²) in [5, 5.41) is 5.20. The molecule has 1 spiro atoms. The van der Waals surface area contributed by atoms with E-state index in [1.807, 2.05) is 6.07 Å². The van der Waals surface area contributed by atoms with Crippen LogP contribution >= 0.6 is 0 Å². The molecule has 43 heavy (non-hydrogen) atoms. The fourth-order valence-corrected chi connectivity index (χ4v) is 6.64. The number of alkyl halides is 3. The fraction of sp³-hybridized carbons (Fsp3) is 0.379. The van der Waals surface area contributed by atoms with Crippen molar-refractivity contribution >= 4 is 23.5 Å². The Bertz CT molecular complexity index is 1660. The van der Waals surface area contributed by atoms with Gasteiger partial charge in [-0.25, -0.2) is 18.2 Å². The molecule has 1 aromatic carbocycles. The van der Waals surface area contributed by atoms with E-state index < -0.39 is 77.4 Å². The Balaban J connectivity index is 1.28. The average molecular weight is 606 g/mol. The first kappa shape index (κ1) is 28.7. The number of anilines is 1. The molecule has 3 aliphatic rings. The van der Waals surface area contributed by atoms with Gasteiger partial charge < -0.3 is 20.5 Å². The second kappa shape index (κ2) is 10.1. The van der Waals surface area contributed by atoms with Gasteiger partial charge in [-0.15, -0.1) is 0 Å². The van der Waals surface area contributed by atoms with Crippen molar-refractivity contribution in [1.82, 2.24) is 20.2 Å². The van der Waals surface area contributed by atoms with E-state index in [1.165, 1.54) is 13.0 Å². The van der Waals surface area contributed by atoms with Gasteiger partial charge in [0, 0.05) is 35.0 Å². The number of nitrogens with one attached hydrogen (secondary N) is 3. The first-order chi connectivity index (χ1) is 20.3. The average Bonchev–Trinajstić information content (AvgIpc) is 3.49. The van der Waals surface area contributed by atoms with Crippen molar-refractivity contribution < 1.29 is 40.7 Å². The number of carbonyl (C=O) groups is 3. The molecule has 0 saturated carbocycles. The summed E-state index contributed by atoms with van der Waals surface area (Å²) in [5.74, 6) is -7.20. The Morgan fingerprint density at radius 3 is 2.65 bits per heavy atom. The largest absolute Gasteiger partial charge is 0.406 e. The molecule has 3 aromatic rings. The van der Waals surface area contributed by atoms with Gasteiger partial charge in [0.15, 0.2) is 11.6 Å². The highest BCUT2D eigenvalue weighted by molar-refractivity contribution is 6.05. The molecule has 1 saturated heterocycles. The number of amides is 3. The van der Waals surface area contributed by atoms with Crippen LogP contribution in [0, 0.1) is 17.5 Å². The Morgan fingerprint density at radius 1 is 1.16 bits per heavy atom. The van der Waals surface area contributed by atoms with Crippen LogP contribution in [-0.4, -0.2) is 57.4 Å². The lowest BCUT2D eigenvalue weighted by Gasteiger charge is -2.43. The number of piperidine rings is 1. The fourth-order valence-electron chi connectivity index (χ4n) is 6.64. The molecule has 6 rings (SSSR count). The maximum absolute atomic E-state index is 14.7. The molecule has 4 atom stereocenters. The lowest BCUT2D eigenvalue weighted by molar-refractivity contribution is -0.170. The molecule has 3 N–H and O–H groups in total. The molecule has 1 fully saturated rings. The van der Waals surface area contributed by atoms with Crippen molar-refractivity contribution in [3.8, 4) is 0 Å². The summed E-state index contributed by atoms with van der Waals surface area (Å²) < 4.78 is 83.8. The predicted molar refractivity (Wildman–Crippen MR) is 140 cm³/mol. The summed E-state index contributed by atoms with van der Waals surface area (Å²) >= 11 is 0. The second-order valence-electron chi connectivity index (χ2n) is 11.2. The number of fused-ring (bicyclic) bond motifs is 3. The Hall–Kier alpha value is -4.36. The first-order valence-electron chi connectivity index (χ1n) is 13.6. The third kappa shape index (κ3) is 4.82. The van der Waals surface area contributed by atoms with Gasteiger partial charge in [0.2, 0.25) is 11.8 Å². The lowest BCUT2D eigenvalue weighted by atomic mass is 9.70. The number of halogens is 6. The highest BCUT2D eigenvalue weighted by Crippen LogP contribution is 2.46. The molecule has 8 nitrogen and oxygen atoms in total. The van der Waals surface area contributed by atoms with Crippen LogP contribution in [0.15, 0.2) is 36.5 Å². The van der Waals surface area contributed by atoms with Crippen LogP contribution in [0.5, 0.6) is 0 Å². The summed E-state index contributed by atoms with van der Waals surface area (Å²) in [6, 6.07) is 3.31. The quantitative estimate of drug-likeness (QED) is 0.305. The molecule has 1 aliphatic carbocycles. The van der Waals surface area contributed by atoms with Gasteiger partial charge in [-0.05, 0) is 62.4 Å². The molecule has 0 radical (unpaired) electrons. The molecule has 3 amide bonds. The number of hydrogen-bond donors (Lipinski definition) is 3. The van der Waals surface area contributed by atoms with Gasteiger partial charge in [-0.3, -0.25) is 14.4 Å². The van der Waals surface area contributed by atoms with Crippen molar-refractivity contribution in [2.24, 2.45) is 0 Å². The first-order valence-corrected chi connectivity index (χ1v) is 13.6. The Labute approximate surface area is 240 Å². The summed E-state index contributed by atoms with van der Waals surface area (Å²) in [7, 11) is 0. The van der Waals surface area contributed by atoms with Crippen LogP contribution in [0.4, 0.5) is 32.2 Å². The Kier molecular flexibility index (Phi) is 6.77. The molecule has 1 unspecified atom stereocenters. The maximum Gasteiger partial charge on any atom is 0.406 e. The number of nitrogens with zero attached hydrogens (tertiary/aromatic N) is 2. The molecule has 4 heterocycles. The highest BCUT2D eigenvalue weighted by atomic mass is 19.4. The van der Waals surface area contributed by atoms with Crippen molar-refractivity contribution in [2.45, 2.75) is 62.2 Å². The SMILES string of the molecule is C[C@@H]1[C@H](c2c(F)ccc(F)c2F)C[C@H](NC(=O)c2cc3c([nH]2)CCC2(C3)C(=O)Nc3ncccc32)C(=O)N1CC(F)(F)F. The third-order valence-electron chi connectivity index (χ3n) is 8.77. The zero-order valence-corrected chi connectivity index (χ0v) is 22.6. The van der Waals surface area contributed by atoms with Gasteiger partial charge >= 0.3 is 6.18 Å². The molecule has 14 heteroatoms. The van der Waals surface area contributed by atoms with E-state index in [1.54, 1.807) is 12.3 Å². The molecular weight excluding hydrogens is 580 g/mol.